The number of hydrogen-bond acceptors (Lipinski definition) is 3. The summed E-state index contributed by atoms with van der Waals surface area (Å²) in [5, 5.41) is 3.61. The molecular weight excluding hydrogens is 254 g/mol. The van der Waals surface area contributed by atoms with Crippen LogP contribution in [0.4, 0.5) is 0 Å². The number of aryl methyl sites for hydroxylation is 1. The van der Waals surface area contributed by atoms with Crippen molar-refractivity contribution in [1.82, 2.24) is 5.32 Å². The molecule has 19 heavy (non-hydrogen) atoms. The molecule has 0 radical (unpaired) electrons. The maximum absolute atomic E-state index is 5.97. The van der Waals surface area contributed by atoms with E-state index in [9.17, 15) is 0 Å². The third kappa shape index (κ3) is 5.25. The molecule has 2 nitrogen and oxygen atoms in total. The van der Waals surface area contributed by atoms with E-state index < -0.39 is 0 Å². The number of rotatable bonds is 9. The quantitative estimate of drug-likeness (QED) is 0.742. The summed E-state index contributed by atoms with van der Waals surface area (Å²) in [5.74, 6) is 0.537. The first-order chi connectivity index (χ1) is 9.12. The molecule has 1 rings (SSSR count). The lowest BCUT2D eigenvalue weighted by Crippen LogP contribution is -2.45. The van der Waals surface area contributed by atoms with E-state index in [1.54, 1.807) is 0 Å². The molecule has 0 fully saturated rings. The molecule has 3 heteroatoms. The van der Waals surface area contributed by atoms with Crippen LogP contribution in [-0.2, 0) is 17.6 Å². The zero-order chi connectivity index (χ0) is 14.3. The Morgan fingerprint density at radius 2 is 1.84 bits per heavy atom. The lowest BCUT2D eigenvalue weighted by atomic mass is 9.96. The monoisotopic (exact) mass is 283 g/mol. The smallest absolute Gasteiger partial charge is 0.0754 e. The summed E-state index contributed by atoms with van der Waals surface area (Å²) in [6.07, 6.45) is 2.49. The van der Waals surface area contributed by atoms with Crippen LogP contribution in [0.3, 0.4) is 0 Å². The first-order valence-electron chi connectivity index (χ1n) is 7.54. The van der Waals surface area contributed by atoms with Gasteiger partial charge in [-0.25, -0.2) is 0 Å². The van der Waals surface area contributed by atoms with Gasteiger partial charge in [0.15, 0.2) is 0 Å². The molecule has 0 spiro atoms. The second-order valence-electron chi connectivity index (χ2n) is 5.25. The standard InChI is InChI=1S/C16H29NOS/c1-6-13-9-10-14(19-13)11-15(17-7-2)16(12(4)5)18-8-3/h9-10,12,15-17H,6-8,11H2,1-5H3. The highest BCUT2D eigenvalue weighted by atomic mass is 32.1. The number of ether oxygens (including phenoxy) is 1. The van der Waals surface area contributed by atoms with E-state index in [2.05, 4.69) is 52.1 Å². The lowest BCUT2D eigenvalue weighted by molar-refractivity contribution is 0.00413. The van der Waals surface area contributed by atoms with Gasteiger partial charge in [0.05, 0.1) is 6.10 Å². The number of hydrogen-bond donors (Lipinski definition) is 1. The van der Waals surface area contributed by atoms with Gasteiger partial charge in [-0.3, -0.25) is 0 Å². The van der Waals surface area contributed by atoms with Crippen molar-refractivity contribution >= 4 is 11.3 Å². The Morgan fingerprint density at radius 1 is 1.16 bits per heavy atom. The fourth-order valence-electron chi connectivity index (χ4n) is 2.47. The van der Waals surface area contributed by atoms with Crippen molar-refractivity contribution in [3.05, 3.63) is 21.9 Å². The van der Waals surface area contributed by atoms with E-state index >= 15 is 0 Å². The van der Waals surface area contributed by atoms with Gasteiger partial charge in [0.2, 0.25) is 0 Å². The number of thiophene rings is 1. The first kappa shape index (κ1) is 16.7. The van der Waals surface area contributed by atoms with Gasteiger partial charge in [0.1, 0.15) is 0 Å². The maximum Gasteiger partial charge on any atom is 0.0754 e. The summed E-state index contributed by atoms with van der Waals surface area (Å²) in [6, 6.07) is 4.94. The molecule has 0 aliphatic heterocycles. The molecule has 0 aliphatic carbocycles. The van der Waals surface area contributed by atoms with Crippen LogP contribution >= 0.6 is 11.3 Å². The van der Waals surface area contributed by atoms with E-state index in [0.29, 0.717) is 12.0 Å². The van der Waals surface area contributed by atoms with E-state index in [4.69, 9.17) is 4.74 Å². The van der Waals surface area contributed by atoms with Gasteiger partial charge in [-0.15, -0.1) is 11.3 Å². The molecule has 2 unspecified atom stereocenters. The summed E-state index contributed by atoms with van der Waals surface area (Å²) in [5.41, 5.74) is 0. The summed E-state index contributed by atoms with van der Waals surface area (Å²) >= 11 is 1.94. The van der Waals surface area contributed by atoms with Gasteiger partial charge in [-0.2, -0.15) is 0 Å². The van der Waals surface area contributed by atoms with Crippen LogP contribution in [0.5, 0.6) is 0 Å². The normalized spacial score (nSPS) is 14.8. The molecular formula is C16H29NOS. The Bertz CT molecular complexity index is 348. The molecule has 0 saturated heterocycles. The van der Waals surface area contributed by atoms with Crippen molar-refractivity contribution in [2.24, 2.45) is 5.92 Å². The van der Waals surface area contributed by atoms with Gasteiger partial charge in [-0.05, 0) is 44.4 Å². The van der Waals surface area contributed by atoms with Crippen molar-refractivity contribution in [2.45, 2.75) is 59.6 Å². The highest BCUT2D eigenvalue weighted by molar-refractivity contribution is 7.11. The minimum atomic E-state index is 0.289. The van der Waals surface area contributed by atoms with Gasteiger partial charge >= 0.3 is 0 Å². The van der Waals surface area contributed by atoms with Crippen molar-refractivity contribution in [3.63, 3.8) is 0 Å². The summed E-state index contributed by atoms with van der Waals surface area (Å²) < 4.78 is 5.97. The molecule has 0 aliphatic rings. The van der Waals surface area contributed by atoms with E-state index in [-0.39, 0.29) is 6.10 Å². The maximum atomic E-state index is 5.97. The van der Waals surface area contributed by atoms with Gasteiger partial charge in [0.25, 0.3) is 0 Å². The lowest BCUT2D eigenvalue weighted by Gasteiger charge is -2.30. The van der Waals surface area contributed by atoms with Gasteiger partial charge < -0.3 is 10.1 Å². The van der Waals surface area contributed by atoms with E-state index in [1.165, 1.54) is 9.75 Å². The Morgan fingerprint density at radius 3 is 2.32 bits per heavy atom. The predicted molar refractivity (Wildman–Crippen MR) is 85.1 cm³/mol. The summed E-state index contributed by atoms with van der Waals surface area (Å²) in [4.78, 5) is 2.94. The average Bonchev–Trinajstić information content (AvgIpc) is 2.83. The molecule has 110 valence electrons. The SMILES string of the molecule is CCNC(Cc1ccc(CC)s1)C(OCC)C(C)C. The third-order valence-electron chi connectivity index (χ3n) is 3.37. The number of likely N-dealkylation sites (N-methyl/N-ethyl adjacent to an activating group) is 1. The summed E-state index contributed by atoms with van der Waals surface area (Å²) in [6.45, 7) is 12.7. The fraction of sp³-hybridized carbons (Fsp3) is 0.750. The molecule has 2 atom stereocenters. The van der Waals surface area contributed by atoms with Crippen LogP contribution in [0.15, 0.2) is 12.1 Å². The highest BCUT2D eigenvalue weighted by Crippen LogP contribution is 2.22. The number of nitrogens with one attached hydrogen (secondary N) is 1. The first-order valence-corrected chi connectivity index (χ1v) is 8.36. The third-order valence-corrected chi connectivity index (χ3v) is 4.62. The predicted octanol–water partition coefficient (Wildman–Crippen LogP) is 3.89. The molecule has 0 aromatic carbocycles. The van der Waals surface area contributed by atoms with Crippen molar-refractivity contribution in [3.8, 4) is 0 Å². The minimum Gasteiger partial charge on any atom is -0.377 e. The van der Waals surface area contributed by atoms with Crippen LogP contribution in [0.25, 0.3) is 0 Å². The molecule has 1 aromatic heterocycles. The van der Waals surface area contributed by atoms with E-state index in [0.717, 1.165) is 26.0 Å². The zero-order valence-electron chi connectivity index (χ0n) is 13.0. The van der Waals surface area contributed by atoms with Crippen molar-refractivity contribution in [2.75, 3.05) is 13.2 Å². The van der Waals surface area contributed by atoms with Crippen molar-refractivity contribution in [1.29, 1.82) is 0 Å². The van der Waals surface area contributed by atoms with Crippen LogP contribution in [-0.4, -0.2) is 25.3 Å². The molecule has 0 bridgehead atoms. The molecule has 1 N–H and O–H groups in total. The molecule has 1 heterocycles. The average molecular weight is 283 g/mol. The van der Waals surface area contributed by atoms with Crippen LogP contribution in [0.1, 0.15) is 44.4 Å². The Labute approximate surface area is 122 Å². The van der Waals surface area contributed by atoms with E-state index in [1.807, 2.05) is 11.3 Å². The van der Waals surface area contributed by atoms with Crippen LogP contribution < -0.4 is 5.32 Å². The van der Waals surface area contributed by atoms with Crippen LogP contribution in [0, 0.1) is 5.92 Å². The molecule has 0 amide bonds. The second kappa shape index (κ2) is 8.72. The Balaban J connectivity index is 2.74. The molecule has 1 aromatic rings. The van der Waals surface area contributed by atoms with Crippen molar-refractivity contribution < 1.29 is 4.74 Å². The minimum absolute atomic E-state index is 0.289. The highest BCUT2D eigenvalue weighted by Gasteiger charge is 2.25. The summed E-state index contributed by atoms with van der Waals surface area (Å²) in [7, 11) is 0. The Hall–Kier alpha value is -0.380. The largest absolute Gasteiger partial charge is 0.377 e. The van der Waals surface area contributed by atoms with Gasteiger partial charge in [-0.1, -0.05) is 27.7 Å². The van der Waals surface area contributed by atoms with Crippen LogP contribution in [0.2, 0.25) is 0 Å². The van der Waals surface area contributed by atoms with Gasteiger partial charge in [0, 0.05) is 22.4 Å². The topological polar surface area (TPSA) is 21.3 Å². The molecule has 0 saturated carbocycles. The second-order valence-corrected chi connectivity index (χ2v) is 6.51. The zero-order valence-corrected chi connectivity index (χ0v) is 13.8. The fourth-order valence-corrected chi connectivity index (χ4v) is 3.49. The Kier molecular flexibility index (Phi) is 7.66.